The third-order valence-electron chi connectivity index (χ3n) is 0. The van der Waals surface area contributed by atoms with Crippen LogP contribution >= 0.6 is 39.8 Å². The zero-order chi connectivity index (χ0) is 4.50. The molecule has 0 aliphatic heterocycles. The molecule has 0 nitrogen and oxygen atoms in total. The summed E-state index contributed by atoms with van der Waals surface area (Å²) in [6.45, 7) is 0. The van der Waals surface area contributed by atoms with Crippen LogP contribution in [-0.4, -0.2) is 0 Å². The second kappa shape index (κ2) is 2.01. The summed E-state index contributed by atoms with van der Waals surface area (Å²) in [6.07, 6.45) is 0. The van der Waals surface area contributed by atoms with Crippen LogP contribution in [0.3, 0.4) is 0 Å². The average Bonchev–Trinajstić information content (AvgIpc) is 0.722. The topological polar surface area (TPSA) is 0 Å². The molecule has 0 unspecified atom stereocenters. The van der Waals surface area contributed by atoms with E-state index >= 15 is 0 Å². The molecule has 0 atom stereocenters. The molecule has 0 rings (SSSR count). The molecule has 5 heavy (non-hydrogen) atoms. The van der Waals surface area contributed by atoms with Gasteiger partial charge in [0.15, 0.2) is 0 Å². The summed E-state index contributed by atoms with van der Waals surface area (Å²) in [5.41, 5.74) is 0. The van der Waals surface area contributed by atoms with Crippen LogP contribution in [0.5, 0.6) is 0 Å². The second-order valence-corrected chi connectivity index (χ2v) is 27.8. The molecule has 0 radical (unpaired) electrons. The molecule has 0 N–H and O–H groups in total. The maximum atomic E-state index is 4.47. The van der Waals surface area contributed by atoms with Gasteiger partial charge in [-0.25, -0.2) is 0 Å². The van der Waals surface area contributed by atoms with Crippen molar-refractivity contribution in [3.05, 3.63) is 0 Å². The van der Waals surface area contributed by atoms with Gasteiger partial charge in [0.1, 0.15) is 0 Å². The van der Waals surface area contributed by atoms with Crippen LogP contribution in [0.4, 0.5) is 0 Å². The summed E-state index contributed by atoms with van der Waals surface area (Å²) < 4.78 is 0. The van der Waals surface area contributed by atoms with E-state index in [1.54, 1.807) is 0 Å². The third kappa shape index (κ3) is 29.2. The van der Waals surface area contributed by atoms with Crippen molar-refractivity contribution in [2.45, 2.75) is 0 Å². The summed E-state index contributed by atoms with van der Waals surface area (Å²) in [5.74, 6) is 0. The first-order valence-electron chi connectivity index (χ1n) is 0.617. The molecule has 0 heterocycles. The van der Waals surface area contributed by atoms with E-state index in [-0.39, 0.29) is 0 Å². The van der Waals surface area contributed by atoms with Gasteiger partial charge in [-0.3, -0.25) is 0 Å². The van der Waals surface area contributed by atoms with Crippen molar-refractivity contribution in [1.29, 1.82) is 0 Å². The Kier molecular flexibility index (Phi) is 2.63. The van der Waals surface area contributed by atoms with Crippen LogP contribution in [0.2, 0.25) is 0 Å². The Balaban J connectivity index is 6.05. The van der Waals surface area contributed by atoms with Crippen molar-refractivity contribution >= 4 is 39.8 Å². The Morgan fingerprint density at radius 3 is 0.800 bits per heavy atom. The Labute approximate surface area is 47.7 Å². The zero-order valence-electron chi connectivity index (χ0n) is 2.01. The first-order chi connectivity index (χ1) is 2.00. The Morgan fingerprint density at radius 1 is 0.800 bits per heavy atom. The standard InChI is InChI=1S/Re.4S. The predicted octanol–water partition coefficient (Wildman–Crippen LogP) is 2.59. The first kappa shape index (κ1) is 6.54. The molecule has 5 heteroatoms. The van der Waals surface area contributed by atoms with Crippen LogP contribution < -0.4 is 0 Å². The fraction of sp³-hybridized carbons (Fsp3) is 0. The van der Waals surface area contributed by atoms with E-state index in [4.69, 9.17) is 0 Å². The maximum absolute atomic E-state index is 4.47. The quantitative estimate of drug-likeness (QED) is 0.674. The van der Waals surface area contributed by atoms with Crippen molar-refractivity contribution in [3.63, 3.8) is 0 Å². The van der Waals surface area contributed by atoms with Crippen LogP contribution in [0.1, 0.15) is 0 Å². The van der Waals surface area contributed by atoms with Gasteiger partial charge in [0.2, 0.25) is 0 Å². The summed E-state index contributed by atoms with van der Waals surface area (Å²) in [4.78, 5) is 0. The van der Waals surface area contributed by atoms with Crippen LogP contribution in [0, 0.1) is 0 Å². The number of hydrogen-bond donors (Lipinski definition) is 0. The molecule has 31 valence electrons. The van der Waals surface area contributed by atoms with Gasteiger partial charge in [0.05, 0.1) is 0 Å². The molecule has 0 aliphatic carbocycles. The van der Waals surface area contributed by atoms with E-state index in [0.717, 1.165) is 0 Å². The van der Waals surface area contributed by atoms with Crippen molar-refractivity contribution in [1.82, 2.24) is 0 Å². The van der Waals surface area contributed by atoms with Gasteiger partial charge in [-0.05, 0) is 0 Å². The van der Waals surface area contributed by atoms with Gasteiger partial charge in [-0.2, -0.15) is 0 Å². The molecule has 0 aromatic rings. The summed E-state index contributed by atoms with van der Waals surface area (Å²) in [7, 11) is 15.1. The van der Waals surface area contributed by atoms with Crippen molar-refractivity contribution in [2.75, 3.05) is 0 Å². The van der Waals surface area contributed by atoms with Gasteiger partial charge >= 0.3 is 48.1 Å². The summed E-state index contributed by atoms with van der Waals surface area (Å²) in [6, 6.07) is 0. The molecule has 0 aromatic heterocycles. The van der Waals surface area contributed by atoms with Gasteiger partial charge in [-0.1, -0.05) is 0 Å². The first-order valence-corrected chi connectivity index (χ1v) is 15.2. The van der Waals surface area contributed by atoms with Crippen molar-refractivity contribution in [3.8, 4) is 0 Å². The van der Waals surface area contributed by atoms with E-state index in [0.29, 0.717) is 0 Å². The fourth-order valence-electron chi connectivity index (χ4n) is 0. The third-order valence-corrected chi connectivity index (χ3v) is 0. The van der Waals surface area contributed by atoms with E-state index in [2.05, 4.69) is 39.8 Å². The SMILES string of the molecule is [S]=[Re](=[S])(=[S])=[S]. The van der Waals surface area contributed by atoms with Crippen molar-refractivity contribution in [2.24, 2.45) is 0 Å². The second-order valence-electron chi connectivity index (χ2n) is 0.378. The minimum atomic E-state index is -2.78. The number of hydrogen-bond acceptors (Lipinski definition) is 4. The van der Waals surface area contributed by atoms with Crippen LogP contribution in [0.25, 0.3) is 0 Å². The molecule has 0 saturated carbocycles. The van der Waals surface area contributed by atoms with E-state index in [1.807, 2.05) is 0 Å². The minimum absolute atomic E-state index is 2.78. The van der Waals surface area contributed by atoms with E-state index in [9.17, 15) is 0 Å². The van der Waals surface area contributed by atoms with Gasteiger partial charge in [0.25, 0.3) is 0 Å². The normalized spacial score (nSPS) is 11.2. The molecule has 0 amide bonds. The summed E-state index contributed by atoms with van der Waals surface area (Å²) >= 11 is 0. The van der Waals surface area contributed by atoms with Gasteiger partial charge in [0, 0.05) is 0 Å². The van der Waals surface area contributed by atoms with Crippen LogP contribution in [0.15, 0.2) is 0 Å². The molecule has 0 fully saturated rings. The summed E-state index contributed by atoms with van der Waals surface area (Å²) in [5, 5.41) is 0. The molecule has 0 aliphatic rings. The molecular weight excluding hydrogens is 314 g/mol. The molecular formula is ReS4. The molecule has 0 spiro atoms. The zero-order valence-corrected chi connectivity index (χ0v) is 7.99. The fourth-order valence-corrected chi connectivity index (χ4v) is 0. The number of rotatable bonds is 0. The van der Waals surface area contributed by atoms with E-state index in [1.165, 1.54) is 0 Å². The van der Waals surface area contributed by atoms with Crippen molar-refractivity contribution < 1.29 is 8.38 Å². The Bertz CT molecular complexity index is 155. The van der Waals surface area contributed by atoms with Gasteiger partial charge in [-0.15, -0.1) is 0 Å². The molecule has 0 saturated heterocycles. The van der Waals surface area contributed by atoms with E-state index < -0.39 is 8.38 Å². The monoisotopic (exact) mass is 315 g/mol. The average molecular weight is 314 g/mol. The Hall–Kier alpha value is 1.54. The van der Waals surface area contributed by atoms with Crippen LogP contribution in [-0.2, 0) is 8.38 Å². The predicted molar refractivity (Wildman–Crippen MR) is 30.4 cm³/mol. The molecule has 0 bridgehead atoms. The Morgan fingerprint density at radius 2 is 0.800 bits per heavy atom. The van der Waals surface area contributed by atoms with Gasteiger partial charge < -0.3 is 0 Å². The molecule has 0 aromatic carbocycles.